The highest BCUT2D eigenvalue weighted by molar-refractivity contribution is 5.67. The number of amides is 1. The first-order valence-electron chi connectivity index (χ1n) is 11.2. The lowest BCUT2D eigenvalue weighted by atomic mass is 10.0. The molecule has 1 aliphatic rings. The van der Waals surface area contributed by atoms with E-state index in [1.165, 1.54) is 0 Å². The fraction of sp³-hybridized carbons (Fsp3) is 0.500. The number of nitrogens with one attached hydrogen (secondary N) is 3. The average Bonchev–Trinajstić information content (AvgIpc) is 3.53. The molecule has 1 saturated carbocycles. The van der Waals surface area contributed by atoms with Gasteiger partial charge in [0.25, 0.3) is 0 Å². The van der Waals surface area contributed by atoms with E-state index in [0.29, 0.717) is 60.0 Å². The van der Waals surface area contributed by atoms with Crippen LogP contribution >= 0.6 is 0 Å². The number of ether oxygens (including phenoxy) is 1. The minimum Gasteiger partial charge on any atom is -0.443 e. The number of alkyl carbamates (subject to hydrolysis) is 1. The maximum absolute atomic E-state index is 15.0. The number of aromatic nitrogens is 5. The van der Waals surface area contributed by atoms with Crippen LogP contribution in [0.4, 0.5) is 21.0 Å². The number of hydrogen-bond acceptors (Lipinski definition) is 8. The Morgan fingerprint density at radius 3 is 3.03 bits per heavy atom. The van der Waals surface area contributed by atoms with Crippen molar-refractivity contribution in [3.63, 3.8) is 0 Å². The minimum atomic E-state index is -1.36. The maximum Gasteiger partial charge on any atom is 0.407 e. The van der Waals surface area contributed by atoms with E-state index < -0.39 is 24.3 Å². The van der Waals surface area contributed by atoms with Gasteiger partial charge in [-0.25, -0.2) is 19.2 Å². The summed E-state index contributed by atoms with van der Waals surface area (Å²) in [6, 6.07) is 3.75. The van der Waals surface area contributed by atoms with Crippen LogP contribution in [-0.4, -0.2) is 60.7 Å². The van der Waals surface area contributed by atoms with Crippen LogP contribution in [0.5, 0.6) is 0 Å². The number of halogens is 1. The molecule has 11 nitrogen and oxygen atoms in total. The lowest BCUT2D eigenvalue weighted by Gasteiger charge is -2.18. The molecule has 1 fully saturated rings. The summed E-state index contributed by atoms with van der Waals surface area (Å²) < 4.78 is 21.9. The molecule has 3 aromatic heterocycles. The standard InChI is InChI=1S/C22H27FN8O3/c1-12(2)26-22(33)34-17-6-5-13(19(17)23)16-10-18(30-29-16)28-21-27-15(4-3-9-32)14(11-24)20-25-7-8-31(20)21/h7-8,10,12-13,17,19,32H,3-6,9H2,1-2H3,(H,26,33)(H2,27,28,29,30)/t13-,17-,19+/m1/s1. The lowest BCUT2D eigenvalue weighted by Crippen LogP contribution is -2.36. The molecule has 0 radical (unpaired) electrons. The van der Waals surface area contributed by atoms with Gasteiger partial charge in [0.2, 0.25) is 5.95 Å². The largest absolute Gasteiger partial charge is 0.443 e. The summed E-state index contributed by atoms with van der Waals surface area (Å²) in [6.07, 6.45) is 2.25. The van der Waals surface area contributed by atoms with Crippen LogP contribution in [0.1, 0.15) is 56.0 Å². The highest BCUT2D eigenvalue weighted by atomic mass is 19.1. The van der Waals surface area contributed by atoms with E-state index in [0.717, 1.165) is 0 Å². The highest BCUT2D eigenvalue weighted by Gasteiger charge is 2.41. The van der Waals surface area contributed by atoms with Gasteiger partial charge in [0, 0.05) is 42.7 Å². The van der Waals surface area contributed by atoms with Gasteiger partial charge in [0.05, 0.1) is 5.69 Å². The number of anilines is 2. The smallest absolute Gasteiger partial charge is 0.407 e. The van der Waals surface area contributed by atoms with Crippen molar-refractivity contribution in [1.82, 2.24) is 29.9 Å². The molecule has 0 spiro atoms. The van der Waals surface area contributed by atoms with E-state index in [4.69, 9.17) is 4.74 Å². The van der Waals surface area contributed by atoms with E-state index >= 15 is 4.39 Å². The average molecular weight is 471 g/mol. The number of aromatic amines is 1. The van der Waals surface area contributed by atoms with Crippen molar-refractivity contribution in [2.75, 3.05) is 11.9 Å². The molecule has 4 N–H and O–H groups in total. The van der Waals surface area contributed by atoms with Gasteiger partial charge in [0.15, 0.2) is 11.5 Å². The van der Waals surface area contributed by atoms with E-state index in [-0.39, 0.29) is 12.6 Å². The molecule has 34 heavy (non-hydrogen) atoms. The van der Waals surface area contributed by atoms with Gasteiger partial charge < -0.3 is 20.5 Å². The molecule has 0 aromatic carbocycles. The summed E-state index contributed by atoms with van der Waals surface area (Å²) in [4.78, 5) is 20.7. The summed E-state index contributed by atoms with van der Waals surface area (Å²) in [5, 5.41) is 31.6. The number of nitriles is 1. The van der Waals surface area contributed by atoms with Crippen molar-refractivity contribution in [2.24, 2.45) is 0 Å². The first-order chi connectivity index (χ1) is 16.4. The number of imidazole rings is 1. The topological polar surface area (TPSA) is 153 Å². The van der Waals surface area contributed by atoms with Gasteiger partial charge in [-0.1, -0.05) is 0 Å². The second kappa shape index (κ2) is 10.0. The number of aliphatic hydroxyl groups is 1. The molecular weight excluding hydrogens is 443 g/mol. The first-order valence-corrected chi connectivity index (χ1v) is 11.2. The Morgan fingerprint density at radius 2 is 2.29 bits per heavy atom. The van der Waals surface area contributed by atoms with Crippen LogP contribution in [0.2, 0.25) is 0 Å². The number of H-pyrrole nitrogens is 1. The lowest BCUT2D eigenvalue weighted by molar-refractivity contribution is 0.0555. The summed E-state index contributed by atoms with van der Waals surface area (Å²) >= 11 is 0. The highest BCUT2D eigenvalue weighted by Crippen LogP contribution is 2.38. The number of fused-ring (bicyclic) bond motifs is 1. The minimum absolute atomic E-state index is 0.0206. The monoisotopic (exact) mass is 470 g/mol. The van der Waals surface area contributed by atoms with Crippen LogP contribution in [0, 0.1) is 11.3 Å². The molecule has 3 aromatic rings. The molecule has 3 heterocycles. The van der Waals surface area contributed by atoms with Crippen molar-refractivity contribution in [2.45, 2.75) is 63.8 Å². The number of nitrogens with zero attached hydrogens (tertiary/aromatic N) is 5. The molecule has 0 saturated heterocycles. The molecule has 0 aliphatic heterocycles. The molecule has 1 aliphatic carbocycles. The Balaban J connectivity index is 1.51. The molecule has 0 bridgehead atoms. The summed E-state index contributed by atoms with van der Waals surface area (Å²) in [5.74, 6) is 0.332. The Labute approximate surface area is 195 Å². The fourth-order valence-electron chi connectivity index (χ4n) is 4.14. The molecule has 3 atom stereocenters. The third-order valence-corrected chi connectivity index (χ3v) is 5.71. The summed E-state index contributed by atoms with van der Waals surface area (Å²) in [5.41, 5.74) is 1.91. The maximum atomic E-state index is 15.0. The predicted octanol–water partition coefficient (Wildman–Crippen LogP) is 2.71. The number of aryl methyl sites for hydroxylation is 1. The van der Waals surface area contributed by atoms with Crippen LogP contribution in [0.3, 0.4) is 0 Å². The zero-order valence-corrected chi connectivity index (χ0v) is 19.0. The van der Waals surface area contributed by atoms with Crippen LogP contribution in [0.25, 0.3) is 5.65 Å². The Morgan fingerprint density at radius 1 is 1.47 bits per heavy atom. The second-order valence-electron chi connectivity index (χ2n) is 8.52. The number of alkyl halides is 1. The van der Waals surface area contributed by atoms with Crippen LogP contribution in [-0.2, 0) is 11.2 Å². The number of carbonyl (C=O) groups excluding carboxylic acids is 1. The number of carbonyl (C=O) groups is 1. The van der Waals surface area contributed by atoms with Gasteiger partial charge in [-0.3, -0.25) is 9.50 Å². The van der Waals surface area contributed by atoms with Gasteiger partial charge in [-0.15, -0.1) is 0 Å². The number of rotatable bonds is 8. The van der Waals surface area contributed by atoms with Crippen LogP contribution < -0.4 is 10.6 Å². The van der Waals surface area contributed by atoms with Crippen molar-refractivity contribution in [3.05, 3.63) is 35.4 Å². The Bertz CT molecular complexity index is 1200. The molecule has 180 valence electrons. The number of hydrogen-bond donors (Lipinski definition) is 4. The van der Waals surface area contributed by atoms with E-state index in [9.17, 15) is 15.2 Å². The third kappa shape index (κ3) is 4.79. The van der Waals surface area contributed by atoms with E-state index in [1.807, 2.05) is 0 Å². The Hall–Kier alpha value is -3.72. The third-order valence-electron chi connectivity index (χ3n) is 5.71. The van der Waals surface area contributed by atoms with Gasteiger partial charge in [-0.2, -0.15) is 10.4 Å². The van der Waals surface area contributed by atoms with E-state index in [1.54, 1.807) is 36.7 Å². The summed E-state index contributed by atoms with van der Waals surface area (Å²) in [7, 11) is 0. The van der Waals surface area contributed by atoms with E-state index in [2.05, 4.69) is 36.9 Å². The normalized spacial score (nSPS) is 19.9. The van der Waals surface area contributed by atoms with Gasteiger partial charge in [-0.05, 0) is 39.5 Å². The van der Waals surface area contributed by atoms with Crippen molar-refractivity contribution < 1.29 is 19.0 Å². The second-order valence-corrected chi connectivity index (χ2v) is 8.52. The SMILES string of the molecule is CC(C)NC(=O)O[C@@H]1CC[C@H](c2cc(Nc3nc(CCCO)c(C#N)c4nccn34)n[nH]2)[C@@H]1F. The summed E-state index contributed by atoms with van der Waals surface area (Å²) in [6.45, 7) is 3.59. The molecule has 1 amide bonds. The molecule has 12 heteroatoms. The Kier molecular flexibility index (Phi) is 6.93. The predicted molar refractivity (Wildman–Crippen MR) is 120 cm³/mol. The molecular formula is C22H27FN8O3. The fourth-order valence-corrected chi connectivity index (χ4v) is 4.14. The van der Waals surface area contributed by atoms with Crippen molar-refractivity contribution >= 4 is 23.5 Å². The quantitative estimate of drug-likeness (QED) is 0.392. The van der Waals surface area contributed by atoms with Gasteiger partial charge >= 0.3 is 6.09 Å². The first kappa shape index (κ1) is 23.4. The zero-order chi connectivity index (χ0) is 24.2. The van der Waals surface area contributed by atoms with Crippen molar-refractivity contribution in [1.29, 1.82) is 5.26 Å². The number of aliphatic hydroxyl groups excluding tert-OH is 1. The van der Waals surface area contributed by atoms with Crippen LogP contribution in [0.15, 0.2) is 18.5 Å². The van der Waals surface area contributed by atoms with Gasteiger partial charge in [0.1, 0.15) is 23.9 Å². The molecule has 0 unspecified atom stereocenters. The molecule has 4 rings (SSSR count). The van der Waals surface area contributed by atoms with Crippen molar-refractivity contribution in [3.8, 4) is 6.07 Å². The zero-order valence-electron chi connectivity index (χ0n) is 19.0.